The first kappa shape index (κ1) is 15.6. The van der Waals surface area contributed by atoms with E-state index in [9.17, 15) is 4.79 Å². The number of benzene rings is 1. The summed E-state index contributed by atoms with van der Waals surface area (Å²) in [6.07, 6.45) is 1.74. The van der Waals surface area contributed by atoms with Crippen molar-refractivity contribution in [2.45, 2.75) is 58.3 Å². The predicted octanol–water partition coefficient (Wildman–Crippen LogP) is 4.02. The van der Waals surface area contributed by atoms with Crippen molar-refractivity contribution in [1.82, 2.24) is 10.2 Å². The van der Waals surface area contributed by atoms with Gasteiger partial charge in [-0.1, -0.05) is 11.6 Å². The van der Waals surface area contributed by atoms with Crippen LogP contribution < -0.4 is 5.32 Å². The van der Waals surface area contributed by atoms with E-state index in [0.717, 1.165) is 37.5 Å². The van der Waals surface area contributed by atoms with Crippen LogP contribution in [-0.2, 0) is 17.8 Å². The van der Waals surface area contributed by atoms with Crippen molar-refractivity contribution >= 4 is 17.7 Å². The Balaban J connectivity index is 1.90. The number of ether oxygens (including phenoxy) is 1. The first-order valence-corrected chi connectivity index (χ1v) is 8.24. The van der Waals surface area contributed by atoms with Gasteiger partial charge in [-0.15, -0.1) is 0 Å². The summed E-state index contributed by atoms with van der Waals surface area (Å²) in [5.74, 6) is 0. The van der Waals surface area contributed by atoms with Gasteiger partial charge in [0, 0.05) is 24.7 Å². The van der Waals surface area contributed by atoms with Crippen molar-refractivity contribution in [2.24, 2.45) is 0 Å². The van der Waals surface area contributed by atoms with Crippen LogP contribution in [0, 0.1) is 0 Å². The fraction of sp³-hybridized carbons (Fsp3) is 0.588. The largest absolute Gasteiger partial charge is 0.444 e. The third-order valence-electron chi connectivity index (χ3n) is 4.20. The molecule has 1 aromatic rings. The van der Waals surface area contributed by atoms with Gasteiger partial charge in [-0.3, -0.25) is 0 Å². The van der Waals surface area contributed by atoms with E-state index >= 15 is 0 Å². The smallest absolute Gasteiger partial charge is 0.410 e. The summed E-state index contributed by atoms with van der Waals surface area (Å²) < 4.78 is 5.56. The third kappa shape index (κ3) is 3.08. The first-order chi connectivity index (χ1) is 10.3. The van der Waals surface area contributed by atoms with Gasteiger partial charge in [0.2, 0.25) is 0 Å². The summed E-state index contributed by atoms with van der Waals surface area (Å²) >= 11 is 6.28. The molecule has 0 aromatic heterocycles. The zero-order valence-corrected chi connectivity index (χ0v) is 14.2. The maximum Gasteiger partial charge on any atom is 0.410 e. The molecule has 2 aliphatic rings. The van der Waals surface area contributed by atoms with Crippen molar-refractivity contribution in [3.05, 3.63) is 33.8 Å². The van der Waals surface area contributed by atoms with E-state index in [1.807, 2.05) is 37.8 Å². The number of rotatable bonds is 1. The van der Waals surface area contributed by atoms with E-state index in [4.69, 9.17) is 16.3 Å². The Morgan fingerprint density at radius 1 is 1.36 bits per heavy atom. The molecule has 120 valence electrons. The minimum absolute atomic E-state index is 0.0715. The van der Waals surface area contributed by atoms with Crippen LogP contribution in [0.4, 0.5) is 4.79 Å². The maximum absolute atomic E-state index is 12.5. The van der Waals surface area contributed by atoms with Crippen molar-refractivity contribution < 1.29 is 9.53 Å². The van der Waals surface area contributed by atoms with Crippen LogP contribution in [-0.4, -0.2) is 23.1 Å². The summed E-state index contributed by atoms with van der Waals surface area (Å²) in [4.78, 5) is 14.3. The molecule has 1 fully saturated rings. The van der Waals surface area contributed by atoms with Crippen LogP contribution in [0.3, 0.4) is 0 Å². The number of fused-ring (bicyclic) bond motifs is 1. The molecule has 1 unspecified atom stereocenters. The number of halogens is 1. The van der Waals surface area contributed by atoms with Gasteiger partial charge in [0.25, 0.3) is 0 Å². The Morgan fingerprint density at radius 3 is 2.86 bits per heavy atom. The van der Waals surface area contributed by atoms with Crippen molar-refractivity contribution in [3.8, 4) is 0 Å². The highest BCUT2D eigenvalue weighted by Crippen LogP contribution is 2.38. The first-order valence-electron chi connectivity index (χ1n) is 7.87. The maximum atomic E-state index is 12.5. The van der Waals surface area contributed by atoms with Gasteiger partial charge in [0.05, 0.1) is 6.04 Å². The highest BCUT2D eigenvalue weighted by atomic mass is 35.5. The number of nitrogens with one attached hydrogen (secondary N) is 1. The van der Waals surface area contributed by atoms with Crippen LogP contribution in [0.5, 0.6) is 0 Å². The number of carbonyl (C=O) groups excluding carboxylic acids is 1. The Kier molecular flexibility index (Phi) is 4.08. The minimum Gasteiger partial charge on any atom is -0.444 e. The number of carbonyl (C=O) groups is 1. The molecule has 0 spiro atoms. The molecule has 2 aliphatic heterocycles. The lowest BCUT2D eigenvalue weighted by atomic mass is 9.96. The number of likely N-dealkylation sites (tertiary alicyclic amines) is 1. The highest BCUT2D eigenvalue weighted by molar-refractivity contribution is 6.30. The molecule has 2 heterocycles. The van der Waals surface area contributed by atoms with E-state index in [-0.39, 0.29) is 12.1 Å². The molecule has 1 atom stereocenters. The van der Waals surface area contributed by atoms with Crippen LogP contribution in [0.1, 0.15) is 56.3 Å². The van der Waals surface area contributed by atoms with Crippen molar-refractivity contribution in [1.29, 1.82) is 0 Å². The monoisotopic (exact) mass is 322 g/mol. The van der Waals surface area contributed by atoms with Crippen LogP contribution in [0.15, 0.2) is 12.1 Å². The Hall–Kier alpha value is -1.26. The quantitative estimate of drug-likeness (QED) is 0.849. The number of hydrogen-bond donors (Lipinski definition) is 1. The fourth-order valence-electron chi connectivity index (χ4n) is 3.34. The lowest BCUT2D eigenvalue weighted by Gasteiger charge is -2.29. The average molecular weight is 323 g/mol. The Bertz CT molecular complexity index is 595. The highest BCUT2D eigenvalue weighted by Gasteiger charge is 2.35. The third-order valence-corrected chi connectivity index (χ3v) is 4.42. The number of hydrogen-bond acceptors (Lipinski definition) is 3. The second-order valence-electron chi connectivity index (χ2n) is 7.07. The van der Waals surface area contributed by atoms with Gasteiger partial charge in [0.15, 0.2) is 0 Å². The van der Waals surface area contributed by atoms with E-state index in [1.165, 1.54) is 16.7 Å². The SMILES string of the molecule is CC(C)(C)OC(=O)N1CCCC1c1cc(Cl)cc2c1CNC2. The van der Waals surface area contributed by atoms with E-state index in [0.29, 0.717) is 0 Å². The Labute approximate surface area is 136 Å². The molecule has 4 nitrogen and oxygen atoms in total. The lowest BCUT2D eigenvalue weighted by Crippen LogP contribution is -2.36. The molecular formula is C17H23ClN2O2. The van der Waals surface area contributed by atoms with Crippen LogP contribution in [0.25, 0.3) is 0 Å². The van der Waals surface area contributed by atoms with E-state index in [2.05, 4.69) is 5.32 Å². The normalized spacial score (nSPS) is 21.1. The number of nitrogens with zero attached hydrogens (tertiary/aromatic N) is 1. The number of amides is 1. The molecule has 0 radical (unpaired) electrons. The molecule has 0 saturated carbocycles. The predicted molar refractivity (Wildman–Crippen MR) is 86.9 cm³/mol. The van der Waals surface area contributed by atoms with Crippen LogP contribution in [0.2, 0.25) is 5.02 Å². The molecular weight excluding hydrogens is 300 g/mol. The molecule has 1 N–H and O–H groups in total. The Morgan fingerprint density at radius 2 is 2.14 bits per heavy atom. The zero-order chi connectivity index (χ0) is 15.9. The molecule has 1 saturated heterocycles. The van der Waals surface area contributed by atoms with Crippen molar-refractivity contribution in [3.63, 3.8) is 0 Å². The summed E-state index contributed by atoms with van der Waals surface area (Å²) in [5, 5.41) is 4.11. The van der Waals surface area contributed by atoms with Crippen LogP contribution >= 0.6 is 11.6 Å². The summed E-state index contributed by atoms with van der Waals surface area (Å²) in [7, 11) is 0. The summed E-state index contributed by atoms with van der Waals surface area (Å²) in [6.45, 7) is 8.14. The second-order valence-corrected chi connectivity index (χ2v) is 7.50. The molecule has 0 aliphatic carbocycles. The molecule has 1 amide bonds. The topological polar surface area (TPSA) is 41.6 Å². The van der Waals surface area contributed by atoms with Gasteiger partial charge in [-0.2, -0.15) is 0 Å². The van der Waals surface area contributed by atoms with E-state index < -0.39 is 5.60 Å². The molecule has 3 rings (SSSR count). The summed E-state index contributed by atoms with van der Waals surface area (Å²) in [5.41, 5.74) is 3.25. The van der Waals surface area contributed by atoms with E-state index in [1.54, 1.807) is 0 Å². The molecule has 22 heavy (non-hydrogen) atoms. The van der Waals surface area contributed by atoms with Gasteiger partial charge >= 0.3 is 6.09 Å². The molecule has 5 heteroatoms. The van der Waals surface area contributed by atoms with Gasteiger partial charge in [-0.25, -0.2) is 4.79 Å². The lowest BCUT2D eigenvalue weighted by molar-refractivity contribution is 0.0224. The fourth-order valence-corrected chi connectivity index (χ4v) is 3.59. The standard InChI is InChI=1S/C17H23ClN2O2/c1-17(2,3)22-16(21)20-6-4-5-15(20)13-8-12(18)7-11-9-19-10-14(11)13/h7-8,15,19H,4-6,9-10H2,1-3H3. The minimum atomic E-state index is -0.470. The zero-order valence-electron chi connectivity index (χ0n) is 13.4. The molecule has 1 aromatic carbocycles. The van der Waals surface area contributed by atoms with Crippen molar-refractivity contribution in [2.75, 3.05) is 6.54 Å². The average Bonchev–Trinajstić information content (AvgIpc) is 3.03. The van der Waals surface area contributed by atoms with Gasteiger partial charge in [-0.05, 0) is 62.4 Å². The summed E-state index contributed by atoms with van der Waals surface area (Å²) in [6, 6.07) is 4.11. The second kappa shape index (κ2) is 5.74. The molecule has 0 bridgehead atoms. The van der Waals surface area contributed by atoms with Gasteiger partial charge in [0.1, 0.15) is 5.60 Å². The van der Waals surface area contributed by atoms with Gasteiger partial charge < -0.3 is 15.0 Å².